The number of fused-ring (bicyclic) bond motifs is 1. The molecule has 1 aromatic heterocycles. The lowest BCUT2D eigenvalue weighted by atomic mass is 9.96. The van der Waals surface area contributed by atoms with Crippen LogP contribution in [0.5, 0.6) is 5.75 Å². The van der Waals surface area contributed by atoms with Crippen molar-refractivity contribution in [1.82, 2.24) is 14.6 Å². The maximum atomic E-state index is 14.1. The van der Waals surface area contributed by atoms with Gasteiger partial charge in [0, 0.05) is 11.6 Å². The van der Waals surface area contributed by atoms with Gasteiger partial charge in [-0.2, -0.15) is 10.1 Å². The molecule has 3 aromatic rings. The molecule has 5 N–H and O–H groups in total. The minimum Gasteiger partial charge on any atom is -0.465 e. The van der Waals surface area contributed by atoms with Gasteiger partial charge in [0.25, 0.3) is 0 Å². The smallest absolute Gasteiger partial charge is 0.459 e. The molecule has 41 heavy (non-hydrogen) atoms. The van der Waals surface area contributed by atoms with E-state index in [4.69, 9.17) is 24.3 Å². The summed E-state index contributed by atoms with van der Waals surface area (Å²) in [7, 11) is -4.34. The van der Waals surface area contributed by atoms with Crippen LogP contribution in [0.2, 0.25) is 0 Å². The fourth-order valence-electron chi connectivity index (χ4n) is 4.38. The molecule has 0 aliphatic carbocycles. The molecule has 1 aliphatic heterocycles. The number of nitrogens with two attached hydrogens (primary N) is 1. The first-order chi connectivity index (χ1) is 19.4. The van der Waals surface area contributed by atoms with Crippen LogP contribution in [-0.2, 0) is 23.4 Å². The van der Waals surface area contributed by atoms with Crippen molar-refractivity contribution in [3.63, 3.8) is 0 Å². The largest absolute Gasteiger partial charge is 0.465 e. The van der Waals surface area contributed by atoms with E-state index in [1.54, 1.807) is 24.3 Å². The van der Waals surface area contributed by atoms with Gasteiger partial charge in [-0.25, -0.2) is 9.36 Å². The van der Waals surface area contributed by atoms with Gasteiger partial charge in [0.1, 0.15) is 35.4 Å². The van der Waals surface area contributed by atoms with E-state index in [0.29, 0.717) is 11.8 Å². The number of hydrogen-bond donors (Lipinski definition) is 4. The number of carbonyl (C=O) groups is 1. The highest BCUT2D eigenvalue weighted by molar-refractivity contribution is 7.52. The van der Waals surface area contributed by atoms with E-state index < -0.39 is 56.1 Å². The van der Waals surface area contributed by atoms with Crippen LogP contribution in [0.3, 0.4) is 0 Å². The zero-order valence-corrected chi connectivity index (χ0v) is 23.9. The van der Waals surface area contributed by atoms with Crippen molar-refractivity contribution >= 4 is 30.3 Å². The number of aliphatic hydroxyl groups is 2. The maximum Gasteiger partial charge on any atom is 0.459 e. The van der Waals surface area contributed by atoms with E-state index in [-0.39, 0.29) is 18.2 Å². The van der Waals surface area contributed by atoms with Crippen LogP contribution < -0.4 is 21.0 Å². The van der Waals surface area contributed by atoms with Crippen LogP contribution in [0.4, 0.5) is 5.82 Å². The van der Waals surface area contributed by atoms with E-state index >= 15 is 0 Å². The Bertz CT molecular complexity index is 1480. The molecule has 14 heteroatoms. The quantitative estimate of drug-likeness (QED) is 0.137. The molecule has 2 aromatic carbocycles. The minimum absolute atomic E-state index is 0.0238. The molecule has 222 valence electrons. The summed E-state index contributed by atoms with van der Waals surface area (Å²) in [5.74, 6) is -0.453. The van der Waals surface area contributed by atoms with Crippen molar-refractivity contribution in [3.05, 3.63) is 65.2 Å². The summed E-state index contributed by atoms with van der Waals surface area (Å²) in [5.41, 5.74) is 2.80. The number of nitrogen functional groups attached to an aromatic ring is 1. The molecule has 6 atom stereocenters. The number of unbranched alkanes of at least 4 members (excludes halogenated alkanes) is 1. The van der Waals surface area contributed by atoms with E-state index in [2.05, 4.69) is 10.1 Å². The number of benzene rings is 2. The molecule has 1 fully saturated rings. The Balaban J connectivity index is 1.57. The normalized spacial score (nSPS) is 24.6. The van der Waals surface area contributed by atoms with Crippen molar-refractivity contribution in [1.29, 1.82) is 0 Å². The van der Waals surface area contributed by atoms with Crippen LogP contribution in [0.1, 0.15) is 39.8 Å². The Hall–Kier alpha value is -3.32. The molecule has 0 spiro atoms. The van der Waals surface area contributed by atoms with Gasteiger partial charge in [-0.05, 0) is 37.8 Å². The molecule has 0 saturated carbocycles. The molecule has 0 bridgehead atoms. The van der Waals surface area contributed by atoms with Crippen molar-refractivity contribution in [2.45, 2.75) is 63.7 Å². The predicted molar refractivity (Wildman–Crippen MR) is 150 cm³/mol. The number of aromatic nitrogens is 2. The standard InChI is InChI=1S/C27H35N4O9P/c1-4-5-15-37-24(33)17(2)30-41(36,40-20-12-8-10-18-9-6-7-11-19(18)20)38-16-21-23(32)27(3,35)25(39-21)31-14-13-22(28)29-26(31)34/h6-14,17,21,23,25,32,35H,4-5,15-16H2,1-3H3,(H,30,36)(H2,28,29,34)/t17-,21+,23+,25?,27+,41?/m0/s1. The van der Waals surface area contributed by atoms with E-state index in [0.717, 1.165) is 16.4 Å². The molecule has 13 nitrogen and oxygen atoms in total. The third kappa shape index (κ3) is 6.95. The Morgan fingerprint density at radius 3 is 2.73 bits per heavy atom. The summed E-state index contributed by atoms with van der Waals surface area (Å²) >= 11 is 0. The van der Waals surface area contributed by atoms with Gasteiger partial charge in [0.15, 0.2) is 6.23 Å². The minimum atomic E-state index is -4.34. The average molecular weight is 591 g/mol. The van der Waals surface area contributed by atoms with E-state index in [9.17, 15) is 24.4 Å². The van der Waals surface area contributed by atoms with Crippen molar-refractivity contribution in [2.75, 3.05) is 18.9 Å². The van der Waals surface area contributed by atoms with Gasteiger partial charge in [-0.15, -0.1) is 0 Å². The first-order valence-electron chi connectivity index (χ1n) is 13.2. The second-order valence-corrected chi connectivity index (χ2v) is 11.7. The zero-order valence-electron chi connectivity index (χ0n) is 23.0. The molecule has 4 rings (SSSR count). The first kappa shape index (κ1) is 30.6. The number of aliphatic hydroxyl groups excluding tert-OH is 1. The number of nitrogens with zero attached hydrogens (tertiary/aromatic N) is 2. The Labute approximate surface area is 236 Å². The topological polar surface area (TPSA) is 184 Å². The number of nitrogens with one attached hydrogen (secondary N) is 1. The van der Waals surface area contributed by atoms with Crippen LogP contribution >= 0.6 is 7.75 Å². The van der Waals surface area contributed by atoms with Crippen molar-refractivity contribution < 1.29 is 38.1 Å². The number of hydrogen-bond acceptors (Lipinski definition) is 11. The molecule has 2 unspecified atom stereocenters. The van der Waals surface area contributed by atoms with Gasteiger partial charge in [-0.3, -0.25) is 13.9 Å². The van der Waals surface area contributed by atoms with Gasteiger partial charge in [0.2, 0.25) is 0 Å². The number of carbonyl (C=O) groups excluding carboxylic acids is 1. The molecular formula is C27H35N4O9P. The molecule has 0 radical (unpaired) electrons. The monoisotopic (exact) mass is 590 g/mol. The molecule has 0 amide bonds. The summed E-state index contributed by atoms with van der Waals surface area (Å²) in [4.78, 5) is 28.6. The third-order valence-electron chi connectivity index (χ3n) is 6.68. The fourth-order valence-corrected chi connectivity index (χ4v) is 5.90. The van der Waals surface area contributed by atoms with Gasteiger partial charge >= 0.3 is 19.4 Å². The maximum absolute atomic E-state index is 14.1. The first-order valence-corrected chi connectivity index (χ1v) is 14.8. The Kier molecular flexibility index (Phi) is 9.48. The summed E-state index contributed by atoms with van der Waals surface area (Å²) in [6.45, 7) is 4.35. The van der Waals surface area contributed by atoms with E-state index in [1.165, 1.54) is 26.1 Å². The number of anilines is 1. The lowest BCUT2D eigenvalue weighted by Gasteiger charge is -2.27. The summed E-state index contributed by atoms with van der Waals surface area (Å²) in [5, 5.41) is 26.0. The summed E-state index contributed by atoms with van der Waals surface area (Å²) in [6, 6.07) is 12.7. The molecular weight excluding hydrogens is 555 g/mol. The second-order valence-electron chi connectivity index (χ2n) is 9.97. The molecule has 1 aliphatic rings. The lowest BCUT2D eigenvalue weighted by molar-refractivity contribution is -0.145. The van der Waals surface area contributed by atoms with Gasteiger partial charge < -0.3 is 29.9 Å². The van der Waals surface area contributed by atoms with Crippen LogP contribution in [0.15, 0.2) is 59.5 Å². The second kappa shape index (κ2) is 12.7. The highest BCUT2D eigenvalue weighted by Gasteiger charge is 2.54. The Morgan fingerprint density at radius 1 is 1.27 bits per heavy atom. The molecule has 2 heterocycles. The van der Waals surface area contributed by atoms with Gasteiger partial charge in [-0.1, -0.05) is 49.7 Å². The number of esters is 1. The number of rotatable bonds is 12. The van der Waals surface area contributed by atoms with Crippen molar-refractivity contribution in [3.8, 4) is 5.75 Å². The van der Waals surface area contributed by atoms with Crippen LogP contribution in [0.25, 0.3) is 10.8 Å². The molecule has 1 saturated heterocycles. The van der Waals surface area contributed by atoms with Crippen LogP contribution in [-0.4, -0.2) is 62.8 Å². The highest BCUT2D eigenvalue weighted by atomic mass is 31.2. The SMILES string of the molecule is CCCCOC(=O)[C@H](C)NP(=O)(OC[C@H]1OC(n2ccc(N)nc2=O)[C@](C)(O)[C@@H]1O)Oc1cccc2ccccc12. The van der Waals surface area contributed by atoms with E-state index in [1.807, 2.05) is 25.1 Å². The summed E-state index contributed by atoms with van der Waals surface area (Å²) < 4.78 is 37.7. The third-order valence-corrected chi connectivity index (χ3v) is 8.31. The van der Waals surface area contributed by atoms with Crippen molar-refractivity contribution in [2.24, 2.45) is 0 Å². The number of ether oxygens (including phenoxy) is 2. The zero-order chi connectivity index (χ0) is 29.8. The average Bonchev–Trinajstić information content (AvgIpc) is 3.15. The lowest BCUT2D eigenvalue weighted by Crippen LogP contribution is -2.46. The summed E-state index contributed by atoms with van der Waals surface area (Å²) in [6.07, 6.45) is -1.40. The Morgan fingerprint density at radius 2 is 2.00 bits per heavy atom. The fraction of sp³-hybridized carbons (Fsp3) is 0.444. The van der Waals surface area contributed by atoms with Crippen LogP contribution in [0, 0.1) is 0 Å². The highest BCUT2D eigenvalue weighted by Crippen LogP contribution is 2.48. The predicted octanol–water partition coefficient (Wildman–Crippen LogP) is 2.51. The van der Waals surface area contributed by atoms with Gasteiger partial charge in [0.05, 0.1) is 13.2 Å².